The van der Waals surface area contributed by atoms with Crippen LogP contribution in [0.1, 0.15) is 39.2 Å². The van der Waals surface area contributed by atoms with Crippen LogP contribution in [-0.2, 0) is 4.79 Å². The molecule has 100 valence electrons. The molecule has 0 spiro atoms. The standard InChI is InChI=1S/C17H20O2/c1-11(2)13-5-6-15-10-16(8-7-14(15)9-13)19-17(18)12(3)4/h5-12H,1-4H3. The number of hydrogen-bond acceptors (Lipinski definition) is 2. The first kappa shape index (κ1) is 13.6. The van der Waals surface area contributed by atoms with Gasteiger partial charge in [0.25, 0.3) is 0 Å². The van der Waals surface area contributed by atoms with Crippen molar-refractivity contribution >= 4 is 16.7 Å². The quantitative estimate of drug-likeness (QED) is 0.596. The molecule has 0 aromatic heterocycles. The summed E-state index contributed by atoms with van der Waals surface area (Å²) in [5.74, 6) is 0.823. The number of hydrogen-bond donors (Lipinski definition) is 0. The third kappa shape index (κ3) is 3.14. The van der Waals surface area contributed by atoms with Crippen LogP contribution in [0.15, 0.2) is 36.4 Å². The van der Waals surface area contributed by atoms with Crippen molar-refractivity contribution in [2.75, 3.05) is 0 Å². The van der Waals surface area contributed by atoms with Crippen LogP contribution in [0.4, 0.5) is 0 Å². The van der Waals surface area contributed by atoms with E-state index >= 15 is 0 Å². The average Bonchev–Trinajstić information content (AvgIpc) is 2.37. The zero-order valence-corrected chi connectivity index (χ0v) is 11.9. The lowest BCUT2D eigenvalue weighted by Crippen LogP contribution is -2.14. The first-order valence-electron chi connectivity index (χ1n) is 6.73. The fourth-order valence-corrected chi connectivity index (χ4v) is 1.90. The fraction of sp³-hybridized carbons (Fsp3) is 0.353. The lowest BCUT2D eigenvalue weighted by atomic mass is 9.99. The van der Waals surface area contributed by atoms with Crippen LogP contribution in [0.25, 0.3) is 10.8 Å². The van der Waals surface area contributed by atoms with Gasteiger partial charge < -0.3 is 4.74 Å². The summed E-state index contributed by atoms with van der Waals surface area (Å²) in [5, 5.41) is 2.27. The Labute approximate surface area is 114 Å². The number of fused-ring (bicyclic) bond motifs is 1. The summed E-state index contributed by atoms with van der Waals surface area (Å²) in [4.78, 5) is 11.6. The highest BCUT2D eigenvalue weighted by Crippen LogP contribution is 2.25. The molecule has 2 aromatic rings. The molecule has 0 saturated heterocycles. The van der Waals surface area contributed by atoms with Gasteiger partial charge in [0.05, 0.1) is 5.92 Å². The molecular formula is C17H20O2. The van der Waals surface area contributed by atoms with Gasteiger partial charge in [-0.2, -0.15) is 0 Å². The van der Waals surface area contributed by atoms with E-state index in [4.69, 9.17) is 4.74 Å². The van der Waals surface area contributed by atoms with Crippen molar-refractivity contribution in [3.05, 3.63) is 42.0 Å². The average molecular weight is 256 g/mol. The van der Waals surface area contributed by atoms with Crippen molar-refractivity contribution in [3.8, 4) is 5.75 Å². The van der Waals surface area contributed by atoms with E-state index in [0.29, 0.717) is 11.7 Å². The number of ether oxygens (including phenoxy) is 1. The monoisotopic (exact) mass is 256 g/mol. The van der Waals surface area contributed by atoms with E-state index < -0.39 is 0 Å². The minimum absolute atomic E-state index is 0.112. The molecule has 2 nitrogen and oxygen atoms in total. The lowest BCUT2D eigenvalue weighted by molar-refractivity contribution is -0.137. The minimum atomic E-state index is -0.196. The van der Waals surface area contributed by atoms with E-state index in [0.717, 1.165) is 5.39 Å². The van der Waals surface area contributed by atoms with Crippen LogP contribution in [0.5, 0.6) is 5.75 Å². The minimum Gasteiger partial charge on any atom is -0.426 e. The number of carbonyl (C=O) groups excluding carboxylic acids is 1. The molecule has 0 aliphatic rings. The Hall–Kier alpha value is -1.83. The predicted molar refractivity (Wildman–Crippen MR) is 78.5 cm³/mol. The van der Waals surface area contributed by atoms with Gasteiger partial charge in [0.1, 0.15) is 5.75 Å². The number of carbonyl (C=O) groups is 1. The third-order valence-corrected chi connectivity index (χ3v) is 3.19. The van der Waals surface area contributed by atoms with Crippen LogP contribution in [0.3, 0.4) is 0 Å². The maximum atomic E-state index is 11.6. The molecule has 0 N–H and O–H groups in total. The van der Waals surface area contributed by atoms with E-state index in [2.05, 4.69) is 32.0 Å². The Morgan fingerprint density at radius 3 is 2.21 bits per heavy atom. The van der Waals surface area contributed by atoms with E-state index in [1.54, 1.807) is 0 Å². The molecule has 0 heterocycles. The highest BCUT2D eigenvalue weighted by Gasteiger charge is 2.10. The van der Waals surface area contributed by atoms with Gasteiger partial charge in [0, 0.05) is 0 Å². The van der Waals surface area contributed by atoms with Gasteiger partial charge in [-0.05, 0) is 34.4 Å². The highest BCUT2D eigenvalue weighted by molar-refractivity contribution is 5.85. The molecule has 0 amide bonds. The van der Waals surface area contributed by atoms with E-state index in [1.165, 1.54) is 10.9 Å². The molecule has 19 heavy (non-hydrogen) atoms. The molecule has 2 heteroatoms. The fourth-order valence-electron chi connectivity index (χ4n) is 1.90. The van der Waals surface area contributed by atoms with Gasteiger partial charge >= 0.3 is 5.97 Å². The van der Waals surface area contributed by atoms with E-state index in [9.17, 15) is 4.79 Å². The van der Waals surface area contributed by atoms with Crippen LogP contribution in [0.2, 0.25) is 0 Å². The van der Waals surface area contributed by atoms with Gasteiger partial charge in [-0.15, -0.1) is 0 Å². The second kappa shape index (κ2) is 5.43. The van der Waals surface area contributed by atoms with Crippen molar-refractivity contribution in [2.45, 2.75) is 33.6 Å². The van der Waals surface area contributed by atoms with E-state index in [1.807, 2.05) is 32.0 Å². The molecule has 2 rings (SSSR count). The van der Waals surface area contributed by atoms with Gasteiger partial charge in [0.2, 0.25) is 0 Å². The zero-order valence-electron chi connectivity index (χ0n) is 11.9. The van der Waals surface area contributed by atoms with Crippen LogP contribution in [0, 0.1) is 5.92 Å². The van der Waals surface area contributed by atoms with Crippen molar-refractivity contribution in [3.63, 3.8) is 0 Å². The van der Waals surface area contributed by atoms with Crippen LogP contribution >= 0.6 is 0 Å². The van der Waals surface area contributed by atoms with Gasteiger partial charge in [0.15, 0.2) is 0 Å². The lowest BCUT2D eigenvalue weighted by Gasteiger charge is -2.09. The zero-order chi connectivity index (χ0) is 14.0. The van der Waals surface area contributed by atoms with Crippen molar-refractivity contribution < 1.29 is 9.53 Å². The Bertz CT molecular complexity index is 597. The molecule has 0 unspecified atom stereocenters. The molecular weight excluding hydrogens is 236 g/mol. The Kier molecular flexibility index (Phi) is 3.89. The smallest absolute Gasteiger partial charge is 0.313 e. The summed E-state index contributed by atoms with van der Waals surface area (Å²) in [5.41, 5.74) is 1.32. The number of esters is 1. The van der Waals surface area contributed by atoms with Gasteiger partial charge in [-0.1, -0.05) is 52.0 Å². The van der Waals surface area contributed by atoms with Crippen LogP contribution in [-0.4, -0.2) is 5.97 Å². The molecule has 0 saturated carbocycles. The summed E-state index contributed by atoms with van der Waals surface area (Å²) >= 11 is 0. The van der Waals surface area contributed by atoms with Crippen molar-refractivity contribution in [1.82, 2.24) is 0 Å². The first-order chi connectivity index (χ1) is 8.97. The third-order valence-electron chi connectivity index (χ3n) is 3.19. The highest BCUT2D eigenvalue weighted by atomic mass is 16.5. The number of rotatable bonds is 3. The normalized spacial score (nSPS) is 11.3. The largest absolute Gasteiger partial charge is 0.426 e. The molecule has 0 fully saturated rings. The second-order valence-electron chi connectivity index (χ2n) is 5.50. The molecule has 0 aliphatic carbocycles. The van der Waals surface area contributed by atoms with Crippen LogP contribution < -0.4 is 4.74 Å². The summed E-state index contributed by atoms with van der Waals surface area (Å²) < 4.78 is 5.32. The van der Waals surface area contributed by atoms with Crippen molar-refractivity contribution in [1.29, 1.82) is 0 Å². The SMILES string of the molecule is CC(C)C(=O)Oc1ccc2cc(C(C)C)ccc2c1. The summed E-state index contributed by atoms with van der Waals surface area (Å²) in [6, 6.07) is 12.2. The molecule has 0 radical (unpaired) electrons. The maximum absolute atomic E-state index is 11.6. The maximum Gasteiger partial charge on any atom is 0.313 e. The summed E-state index contributed by atoms with van der Waals surface area (Å²) in [7, 11) is 0. The second-order valence-corrected chi connectivity index (χ2v) is 5.50. The summed E-state index contributed by atoms with van der Waals surface area (Å²) in [6.45, 7) is 8.02. The van der Waals surface area contributed by atoms with Crippen molar-refractivity contribution in [2.24, 2.45) is 5.92 Å². The Morgan fingerprint density at radius 2 is 1.58 bits per heavy atom. The predicted octanol–water partition coefficient (Wildman–Crippen LogP) is 4.52. The molecule has 2 aromatic carbocycles. The van der Waals surface area contributed by atoms with Gasteiger partial charge in [-0.3, -0.25) is 4.79 Å². The Balaban J connectivity index is 2.31. The number of benzene rings is 2. The molecule has 0 aliphatic heterocycles. The summed E-state index contributed by atoms with van der Waals surface area (Å²) in [6.07, 6.45) is 0. The van der Waals surface area contributed by atoms with E-state index in [-0.39, 0.29) is 11.9 Å². The van der Waals surface area contributed by atoms with Gasteiger partial charge in [-0.25, -0.2) is 0 Å². The topological polar surface area (TPSA) is 26.3 Å². The first-order valence-corrected chi connectivity index (χ1v) is 6.73. The molecule has 0 bridgehead atoms. The Morgan fingerprint density at radius 1 is 0.947 bits per heavy atom. The molecule has 0 atom stereocenters.